The Kier molecular flexibility index (Phi) is 7.95. The van der Waals surface area contributed by atoms with Crippen LogP contribution in [0.25, 0.3) is 0 Å². The maximum atomic E-state index is 14.8. The molecule has 35 heavy (non-hydrogen) atoms. The first-order chi connectivity index (χ1) is 16.6. The van der Waals surface area contributed by atoms with E-state index in [1.807, 2.05) is 6.92 Å². The lowest BCUT2D eigenvalue weighted by Gasteiger charge is -2.33. The third kappa shape index (κ3) is 6.49. The topological polar surface area (TPSA) is 70.2 Å². The van der Waals surface area contributed by atoms with Gasteiger partial charge in [-0.1, -0.05) is 13.8 Å². The molecule has 0 bridgehead atoms. The number of alkyl halides is 3. The molecule has 192 valence electrons. The van der Waals surface area contributed by atoms with Gasteiger partial charge >= 0.3 is 6.18 Å². The van der Waals surface area contributed by atoms with Crippen molar-refractivity contribution < 1.29 is 21.8 Å². The van der Waals surface area contributed by atoms with Crippen molar-refractivity contribution in [1.82, 2.24) is 14.7 Å². The molecule has 1 aliphatic heterocycles. The van der Waals surface area contributed by atoms with Crippen molar-refractivity contribution in [2.24, 2.45) is 11.8 Å². The zero-order valence-corrected chi connectivity index (χ0v) is 20.7. The fraction of sp³-hybridized carbons (Fsp3) is 0.583. The molecule has 6 nitrogen and oxygen atoms in total. The molecule has 4 rings (SSSR count). The maximum Gasteiger partial charge on any atom is 0.421 e. The van der Waals surface area contributed by atoms with E-state index in [4.69, 9.17) is 0 Å². The Balaban J connectivity index is 1.50. The quantitative estimate of drug-likeness (QED) is 0.478. The van der Waals surface area contributed by atoms with Crippen LogP contribution in [-0.4, -0.2) is 33.3 Å². The first-order valence-electron chi connectivity index (χ1n) is 12.0. The summed E-state index contributed by atoms with van der Waals surface area (Å²) in [4.78, 5) is 9.82. The number of rotatable bonds is 6. The van der Waals surface area contributed by atoms with Gasteiger partial charge in [0.15, 0.2) is 0 Å². The van der Waals surface area contributed by atoms with Crippen molar-refractivity contribution >= 4 is 28.4 Å². The van der Waals surface area contributed by atoms with Crippen LogP contribution in [0.1, 0.15) is 57.9 Å². The van der Waals surface area contributed by atoms with Crippen molar-refractivity contribution in [3.8, 4) is 0 Å². The molecule has 2 fully saturated rings. The predicted octanol–water partition coefficient (Wildman–Crippen LogP) is 5.81. The molecule has 1 aliphatic carbocycles. The number of hydrogen-bond donors (Lipinski definition) is 2. The summed E-state index contributed by atoms with van der Waals surface area (Å²) in [5.74, 6) is -0.117. The Morgan fingerprint density at radius 2 is 1.83 bits per heavy atom. The number of aromatic nitrogens is 2. The van der Waals surface area contributed by atoms with E-state index in [9.17, 15) is 21.8 Å². The first-order valence-corrected chi connectivity index (χ1v) is 13.2. The van der Waals surface area contributed by atoms with E-state index in [-0.39, 0.29) is 29.4 Å². The molecule has 0 radical (unpaired) electrons. The molecule has 2 heterocycles. The van der Waals surface area contributed by atoms with Crippen LogP contribution in [0.15, 0.2) is 29.3 Å². The van der Waals surface area contributed by atoms with Gasteiger partial charge in [0, 0.05) is 25.3 Å². The number of piperidine rings is 1. The van der Waals surface area contributed by atoms with E-state index in [1.165, 1.54) is 12.1 Å². The van der Waals surface area contributed by atoms with Gasteiger partial charge in [-0.15, -0.1) is 0 Å². The van der Waals surface area contributed by atoms with Crippen LogP contribution in [0.2, 0.25) is 0 Å². The standard InChI is InChI=1S/C24H31F4N5OS/c1-15-5-7-17(8-6-15)32-35(34)18-9-10-21(20(25)12-18)30-23-29-13-19(24(26,27)28)22(31-23)33-11-3-4-16(2)14-33/h9-10,12-13,15-17,32H,3-8,11,14H2,1-2H3,(H,29,30,31). The van der Waals surface area contributed by atoms with Crippen molar-refractivity contribution in [2.45, 2.75) is 69.5 Å². The minimum atomic E-state index is -4.60. The molecule has 1 saturated carbocycles. The van der Waals surface area contributed by atoms with Crippen LogP contribution in [0, 0.1) is 17.7 Å². The summed E-state index contributed by atoms with van der Waals surface area (Å²) in [6.45, 7) is 5.11. The lowest BCUT2D eigenvalue weighted by molar-refractivity contribution is -0.137. The van der Waals surface area contributed by atoms with Gasteiger partial charge in [0.1, 0.15) is 28.2 Å². The van der Waals surface area contributed by atoms with Crippen molar-refractivity contribution in [1.29, 1.82) is 0 Å². The van der Waals surface area contributed by atoms with Gasteiger partial charge in [-0.25, -0.2) is 18.3 Å². The van der Waals surface area contributed by atoms with E-state index < -0.39 is 28.5 Å². The van der Waals surface area contributed by atoms with Gasteiger partial charge in [0.2, 0.25) is 5.95 Å². The van der Waals surface area contributed by atoms with Crippen molar-refractivity contribution in [3.05, 3.63) is 35.8 Å². The van der Waals surface area contributed by atoms with Crippen LogP contribution in [0.4, 0.5) is 35.0 Å². The zero-order chi connectivity index (χ0) is 25.2. The van der Waals surface area contributed by atoms with Gasteiger partial charge in [-0.3, -0.25) is 0 Å². The fourth-order valence-electron chi connectivity index (χ4n) is 4.69. The SMILES string of the molecule is CC1CCC(NS(=O)c2ccc(Nc3ncc(C(F)(F)F)c(N4CCCC(C)C4)n3)c(F)c2)CC1. The van der Waals surface area contributed by atoms with Crippen molar-refractivity contribution in [2.75, 3.05) is 23.3 Å². The second kappa shape index (κ2) is 10.8. The van der Waals surface area contributed by atoms with Crippen LogP contribution in [0.5, 0.6) is 0 Å². The largest absolute Gasteiger partial charge is 0.421 e. The van der Waals surface area contributed by atoms with E-state index in [0.29, 0.717) is 23.9 Å². The summed E-state index contributed by atoms with van der Waals surface area (Å²) in [7, 11) is -1.56. The fourth-order valence-corrected chi connectivity index (χ4v) is 5.76. The predicted molar refractivity (Wildman–Crippen MR) is 128 cm³/mol. The average Bonchev–Trinajstić information content (AvgIpc) is 2.81. The Labute approximate surface area is 205 Å². The van der Waals surface area contributed by atoms with Gasteiger partial charge in [-0.05, 0) is 68.6 Å². The van der Waals surface area contributed by atoms with Crippen LogP contribution in [0.3, 0.4) is 0 Å². The van der Waals surface area contributed by atoms with E-state index in [2.05, 4.69) is 26.9 Å². The normalized spacial score (nSPS) is 24.3. The Morgan fingerprint density at radius 3 is 2.49 bits per heavy atom. The molecular weight excluding hydrogens is 482 g/mol. The molecule has 1 aromatic heterocycles. The molecule has 2 atom stereocenters. The van der Waals surface area contributed by atoms with E-state index in [0.717, 1.165) is 50.8 Å². The molecule has 1 saturated heterocycles. The lowest BCUT2D eigenvalue weighted by atomic mass is 9.88. The third-order valence-electron chi connectivity index (χ3n) is 6.72. The maximum absolute atomic E-state index is 14.8. The average molecular weight is 514 g/mol. The van der Waals surface area contributed by atoms with Gasteiger partial charge in [0.05, 0.1) is 10.6 Å². The van der Waals surface area contributed by atoms with Crippen LogP contribution >= 0.6 is 0 Å². The monoisotopic (exact) mass is 513 g/mol. The zero-order valence-electron chi connectivity index (χ0n) is 19.9. The smallest absolute Gasteiger partial charge is 0.356 e. The minimum Gasteiger partial charge on any atom is -0.356 e. The summed E-state index contributed by atoms with van der Waals surface area (Å²) in [6.07, 6.45) is 1.84. The minimum absolute atomic E-state index is 0.00466. The number of hydrogen-bond acceptors (Lipinski definition) is 5. The highest BCUT2D eigenvalue weighted by Gasteiger charge is 2.37. The number of nitrogens with one attached hydrogen (secondary N) is 2. The van der Waals surface area contributed by atoms with E-state index in [1.54, 1.807) is 4.90 Å². The van der Waals surface area contributed by atoms with Gasteiger partial charge < -0.3 is 10.2 Å². The second-order valence-corrected chi connectivity index (χ2v) is 11.0. The molecule has 1 aromatic carbocycles. The summed E-state index contributed by atoms with van der Waals surface area (Å²) in [6, 6.07) is 4.21. The summed E-state index contributed by atoms with van der Waals surface area (Å²) < 4.78 is 71.4. The van der Waals surface area contributed by atoms with E-state index >= 15 is 0 Å². The van der Waals surface area contributed by atoms with Gasteiger partial charge in [-0.2, -0.15) is 18.2 Å². The highest BCUT2D eigenvalue weighted by atomic mass is 32.2. The number of halogens is 4. The van der Waals surface area contributed by atoms with Gasteiger partial charge in [0.25, 0.3) is 0 Å². The number of nitrogens with zero attached hydrogens (tertiary/aromatic N) is 3. The molecule has 2 aliphatic rings. The molecule has 11 heteroatoms. The number of benzene rings is 1. The molecule has 2 aromatic rings. The van der Waals surface area contributed by atoms with Crippen LogP contribution in [-0.2, 0) is 17.2 Å². The Bertz CT molecular complexity index is 1060. The summed E-state index contributed by atoms with van der Waals surface area (Å²) >= 11 is 0. The van der Waals surface area contributed by atoms with Crippen molar-refractivity contribution in [3.63, 3.8) is 0 Å². The molecule has 2 N–H and O–H groups in total. The second-order valence-electron chi connectivity index (χ2n) is 9.73. The summed E-state index contributed by atoms with van der Waals surface area (Å²) in [5, 5.41) is 2.68. The number of anilines is 3. The highest BCUT2D eigenvalue weighted by Crippen LogP contribution is 2.37. The third-order valence-corrected chi connectivity index (χ3v) is 7.95. The first kappa shape index (κ1) is 25.8. The van der Waals surface area contributed by atoms with Crippen LogP contribution < -0.4 is 14.9 Å². The molecule has 0 spiro atoms. The molecular formula is C24H31F4N5OS. The highest BCUT2D eigenvalue weighted by molar-refractivity contribution is 7.83. The Morgan fingerprint density at radius 1 is 1.09 bits per heavy atom. The molecule has 2 unspecified atom stereocenters. The molecule has 0 amide bonds. The summed E-state index contributed by atoms with van der Waals surface area (Å²) in [5.41, 5.74) is -0.915. The Hall–Kier alpha value is -2.27. The lowest BCUT2D eigenvalue weighted by Crippen LogP contribution is -2.36.